The first kappa shape index (κ1) is 13.3. The van der Waals surface area contributed by atoms with Crippen LogP contribution in [0.3, 0.4) is 0 Å². The molecule has 17 heavy (non-hydrogen) atoms. The zero-order chi connectivity index (χ0) is 12.3. The van der Waals surface area contributed by atoms with E-state index in [0.29, 0.717) is 24.2 Å². The van der Waals surface area contributed by atoms with Gasteiger partial charge in [0.05, 0.1) is 6.10 Å². The first-order valence-electron chi connectivity index (χ1n) is 7.14. The van der Waals surface area contributed by atoms with E-state index >= 15 is 0 Å². The van der Waals surface area contributed by atoms with E-state index in [4.69, 9.17) is 9.84 Å². The number of rotatable bonds is 7. The van der Waals surface area contributed by atoms with E-state index in [-0.39, 0.29) is 0 Å². The Kier molecular flexibility index (Phi) is 4.45. The third-order valence-corrected chi connectivity index (χ3v) is 4.55. The predicted molar refractivity (Wildman–Crippen MR) is 69.0 cm³/mol. The number of unbranched alkanes of at least 4 members (excludes halogenated alkanes) is 3. The summed E-state index contributed by atoms with van der Waals surface area (Å²) in [5, 5.41) is 12.4. The molecule has 3 atom stereocenters. The van der Waals surface area contributed by atoms with Crippen molar-refractivity contribution in [3.8, 4) is 0 Å². The number of nitrogens with one attached hydrogen (secondary N) is 1. The van der Waals surface area contributed by atoms with Gasteiger partial charge in [-0.1, -0.05) is 26.7 Å². The Labute approximate surface area is 105 Å². The van der Waals surface area contributed by atoms with Crippen LogP contribution in [0.4, 0.5) is 0 Å². The summed E-state index contributed by atoms with van der Waals surface area (Å²) in [6.45, 7) is 7.05. The van der Waals surface area contributed by atoms with E-state index in [2.05, 4.69) is 19.2 Å². The molecule has 2 aliphatic rings. The first-order chi connectivity index (χ1) is 8.18. The molecule has 3 heteroatoms. The van der Waals surface area contributed by atoms with Gasteiger partial charge in [-0.05, 0) is 25.8 Å². The molecular formula is C14H27NO2. The largest absolute Gasteiger partial charge is 0.396 e. The van der Waals surface area contributed by atoms with Crippen LogP contribution in [0.15, 0.2) is 0 Å². The summed E-state index contributed by atoms with van der Waals surface area (Å²) >= 11 is 0. The molecule has 2 rings (SSSR count). The van der Waals surface area contributed by atoms with Crippen molar-refractivity contribution < 1.29 is 9.84 Å². The molecule has 1 aliphatic carbocycles. The highest BCUT2D eigenvalue weighted by atomic mass is 16.5. The van der Waals surface area contributed by atoms with E-state index in [1.54, 1.807) is 0 Å². The molecule has 1 heterocycles. The van der Waals surface area contributed by atoms with E-state index in [1.165, 1.54) is 19.3 Å². The molecule has 3 unspecified atom stereocenters. The van der Waals surface area contributed by atoms with Crippen LogP contribution in [-0.4, -0.2) is 37.0 Å². The van der Waals surface area contributed by atoms with E-state index in [1.807, 2.05) is 0 Å². The van der Waals surface area contributed by atoms with Gasteiger partial charge < -0.3 is 15.2 Å². The number of hydrogen-bond donors (Lipinski definition) is 2. The first-order valence-corrected chi connectivity index (χ1v) is 7.14. The normalized spacial score (nSPS) is 34.4. The van der Waals surface area contributed by atoms with Crippen LogP contribution >= 0.6 is 0 Å². The van der Waals surface area contributed by atoms with Crippen LogP contribution < -0.4 is 5.32 Å². The Bertz CT molecular complexity index is 242. The Morgan fingerprint density at radius 3 is 2.76 bits per heavy atom. The minimum atomic E-state index is 0.312. The fourth-order valence-corrected chi connectivity index (χ4v) is 3.59. The lowest BCUT2D eigenvalue weighted by Crippen LogP contribution is -2.65. The molecule has 1 aliphatic heterocycles. The average Bonchev–Trinajstić information content (AvgIpc) is 2.74. The minimum Gasteiger partial charge on any atom is -0.396 e. The van der Waals surface area contributed by atoms with Gasteiger partial charge in [0, 0.05) is 30.6 Å². The van der Waals surface area contributed by atoms with Gasteiger partial charge in [0.2, 0.25) is 0 Å². The molecule has 1 saturated carbocycles. The van der Waals surface area contributed by atoms with Crippen molar-refractivity contribution in [2.24, 2.45) is 11.3 Å². The predicted octanol–water partition coefficient (Wildman–Crippen LogP) is 1.94. The second-order valence-corrected chi connectivity index (χ2v) is 6.13. The van der Waals surface area contributed by atoms with Crippen LogP contribution in [0, 0.1) is 11.3 Å². The van der Waals surface area contributed by atoms with Crippen molar-refractivity contribution in [2.45, 2.75) is 58.1 Å². The lowest BCUT2D eigenvalue weighted by atomic mass is 9.57. The Balaban J connectivity index is 1.63. The number of aliphatic hydroxyl groups is 1. The standard InChI is InChI=1S/C14H27NO2/c1-14(2)12(11-7-10-17-13(11)14)15-8-5-3-4-6-9-16/h11-13,15-16H,3-10H2,1-2H3. The highest BCUT2D eigenvalue weighted by Crippen LogP contribution is 2.51. The highest BCUT2D eigenvalue weighted by molar-refractivity contribution is 5.11. The minimum absolute atomic E-state index is 0.312. The molecule has 0 bridgehead atoms. The zero-order valence-corrected chi connectivity index (χ0v) is 11.2. The van der Waals surface area contributed by atoms with Crippen LogP contribution in [0.1, 0.15) is 46.0 Å². The third-order valence-electron chi connectivity index (χ3n) is 4.55. The summed E-state index contributed by atoms with van der Waals surface area (Å²) in [5.41, 5.74) is 0.312. The highest BCUT2D eigenvalue weighted by Gasteiger charge is 2.58. The van der Waals surface area contributed by atoms with Crippen molar-refractivity contribution in [2.75, 3.05) is 19.8 Å². The van der Waals surface area contributed by atoms with Gasteiger partial charge in [0.1, 0.15) is 0 Å². The quantitative estimate of drug-likeness (QED) is 0.669. The molecule has 0 spiro atoms. The molecule has 0 aromatic heterocycles. The molecule has 0 aromatic rings. The monoisotopic (exact) mass is 241 g/mol. The van der Waals surface area contributed by atoms with Gasteiger partial charge in [-0.25, -0.2) is 0 Å². The summed E-state index contributed by atoms with van der Waals surface area (Å²) in [4.78, 5) is 0. The maximum Gasteiger partial charge on any atom is 0.0685 e. The van der Waals surface area contributed by atoms with Crippen LogP contribution in [-0.2, 0) is 4.74 Å². The van der Waals surface area contributed by atoms with Crippen molar-refractivity contribution >= 4 is 0 Å². The topological polar surface area (TPSA) is 41.5 Å². The van der Waals surface area contributed by atoms with Crippen LogP contribution in [0.25, 0.3) is 0 Å². The molecule has 100 valence electrons. The Morgan fingerprint density at radius 1 is 1.24 bits per heavy atom. The lowest BCUT2D eigenvalue weighted by Gasteiger charge is -2.55. The molecule has 3 nitrogen and oxygen atoms in total. The van der Waals surface area contributed by atoms with Crippen molar-refractivity contribution in [1.29, 1.82) is 0 Å². The number of hydrogen-bond acceptors (Lipinski definition) is 3. The Morgan fingerprint density at radius 2 is 2.00 bits per heavy atom. The fraction of sp³-hybridized carbons (Fsp3) is 1.00. The molecule has 1 saturated heterocycles. The molecule has 2 fully saturated rings. The maximum absolute atomic E-state index is 8.70. The van der Waals surface area contributed by atoms with Gasteiger partial charge in [0.15, 0.2) is 0 Å². The van der Waals surface area contributed by atoms with Gasteiger partial charge in [0.25, 0.3) is 0 Å². The zero-order valence-electron chi connectivity index (χ0n) is 11.2. The van der Waals surface area contributed by atoms with Gasteiger partial charge >= 0.3 is 0 Å². The smallest absolute Gasteiger partial charge is 0.0685 e. The van der Waals surface area contributed by atoms with Crippen LogP contribution in [0.2, 0.25) is 0 Å². The van der Waals surface area contributed by atoms with Crippen molar-refractivity contribution in [3.05, 3.63) is 0 Å². The van der Waals surface area contributed by atoms with Gasteiger partial charge in [-0.3, -0.25) is 0 Å². The molecular weight excluding hydrogens is 214 g/mol. The number of aliphatic hydroxyl groups excluding tert-OH is 1. The molecule has 0 radical (unpaired) electrons. The maximum atomic E-state index is 8.70. The lowest BCUT2D eigenvalue weighted by molar-refractivity contribution is -0.112. The third kappa shape index (κ3) is 2.67. The number of ether oxygens (including phenoxy) is 1. The fourth-order valence-electron chi connectivity index (χ4n) is 3.59. The van der Waals surface area contributed by atoms with Crippen molar-refractivity contribution in [3.63, 3.8) is 0 Å². The summed E-state index contributed by atoms with van der Waals surface area (Å²) in [6.07, 6.45) is 6.29. The second kappa shape index (κ2) is 5.68. The molecule has 0 amide bonds. The summed E-state index contributed by atoms with van der Waals surface area (Å²) in [7, 11) is 0. The average molecular weight is 241 g/mol. The van der Waals surface area contributed by atoms with E-state index in [9.17, 15) is 0 Å². The molecule has 0 aromatic carbocycles. The Hall–Kier alpha value is -0.120. The number of fused-ring (bicyclic) bond motifs is 1. The van der Waals surface area contributed by atoms with Crippen LogP contribution in [0.5, 0.6) is 0 Å². The van der Waals surface area contributed by atoms with Crippen molar-refractivity contribution in [1.82, 2.24) is 5.32 Å². The summed E-state index contributed by atoms with van der Waals surface area (Å²) in [5.74, 6) is 0.752. The summed E-state index contributed by atoms with van der Waals surface area (Å²) in [6, 6.07) is 0.646. The van der Waals surface area contributed by atoms with Gasteiger partial charge in [-0.2, -0.15) is 0 Å². The SMILES string of the molecule is CC1(C)C(NCCCCCCO)C2CCOC21. The second-order valence-electron chi connectivity index (χ2n) is 6.13. The summed E-state index contributed by atoms with van der Waals surface area (Å²) < 4.78 is 5.79. The molecule has 2 N–H and O–H groups in total. The van der Waals surface area contributed by atoms with E-state index < -0.39 is 0 Å². The van der Waals surface area contributed by atoms with Gasteiger partial charge in [-0.15, -0.1) is 0 Å². The van der Waals surface area contributed by atoms with E-state index in [0.717, 1.165) is 31.9 Å².